The number of aromatic nitrogens is 2. The SMILES string of the molecule is Cc1c(C(=O)Nc2ccc(C3CNCCO3)cc2)n[nH]c1-c1cccc(C#N)c1. The minimum absolute atomic E-state index is 0.0359. The molecule has 1 aromatic heterocycles. The molecule has 3 N–H and O–H groups in total. The molecule has 2 heterocycles. The van der Waals surface area contributed by atoms with Gasteiger partial charge in [0.15, 0.2) is 5.69 Å². The molecule has 1 aliphatic heterocycles. The Kier molecular flexibility index (Phi) is 5.38. The normalized spacial score (nSPS) is 16.2. The number of amides is 1. The summed E-state index contributed by atoms with van der Waals surface area (Å²) < 4.78 is 5.75. The second-order valence-electron chi connectivity index (χ2n) is 6.90. The summed E-state index contributed by atoms with van der Waals surface area (Å²) >= 11 is 0. The largest absolute Gasteiger partial charge is 0.371 e. The predicted molar refractivity (Wildman–Crippen MR) is 109 cm³/mol. The summed E-state index contributed by atoms with van der Waals surface area (Å²) in [6, 6.07) is 17.0. The molecule has 1 amide bonds. The van der Waals surface area contributed by atoms with Gasteiger partial charge in [0, 0.05) is 29.9 Å². The topological polar surface area (TPSA) is 103 Å². The number of nitrogens with one attached hydrogen (secondary N) is 3. The van der Waals surface area contributed by atoms with E-state index in [0.29, 0.717) is 23.6 Å². The van der Waals surface area contributed by atoms with Crippen molar-refractivity contribution in [2.75, 3.05) is 25.0 Å². The maximum Gasteiger partial charge on any atom is 0.276 e. The van der Waals surface area contributed by atoms with Gasteiger partial charge in [-0.1, -0.05) is 24.3 Å². The maximum absolute atomic E-state index is 12.7. The van der Waals surface area contributed by atoms with E-state index in [0.717, 1.165) is 35.5 Å². The van der Waals surface area contributed by atoms with Crippen LogP contribution in [0.2, 0.25) is 0 Å². The number of hydrogen-bond donors (Lipinski definition) is 3. The number of nitriles is 1. The van der Waals surface area contributed by atoms with E-state index in [-0.39, 0.29) is 12.0 Å². The number of anilines is 1. The van der Waals surface area contributed by atoms with Crippen molar-refractivity contribution in [1.29, 1.82) is 5.26 Å². The lowest BCUT2D eigenvalue weighted by Crippen LogP contribution is -2.33. The van der Waals surface area contributed by atoms with Crippen molar-refractivity contribution in [3.05, 3.63) is 70.9 Å². The van der Waals surface area contributed by atoms with E-state index in [2.05, 4.69) is 26.9 Å². The lowest BCUT2D eigenvalue weighted by molar-refractivity contribution is 0.0277. The lowest BCUT2D eigenvalue weighted by Gasteiger charge is -2.24. The van der Waals surface area contributed by atoms with Gasteiger partial charge in [-0.25, -0.2) is 0 Å². The molecular formula is C22H21N5O2. The molecule has 7 nitrogen and oxygen atoms in total. The number of carbonyl (C=O) groups is 1. The molecule has 1 unspecified atom stereocenters. The Balaban J connectivity index is 1.49. The van der Waals surface area contributed by atoms with Crippen LogP contribution in [0.5, 0.6) is 0 Å². The smallest absolute Gasteiger partial charge is 0.276 e. The highest BCUT2D eigenvalue weighted by Gasteiger charge is 2.19. The highest BCUT2D eigenvalue weighted by molar-refractivity contribution is 6.04. The van der Waals surface area contributed by atoms with Gasteiger partial charge in [-0.05, 0) is 36.8 Å². The molecule has 4 rings (SSSR count). The second-order valence-corrected chi connectivity index (χ2v) is 6.90. The Hall–Kier alpha value is -3.47. The fraction of sp³-hybridized carbons (Fsp3) is 0.227. The van der Waals surface area contributed by atoms with Crippen LogP contribution in [-0.4, -0.2) is 35.8 Å². The third kappa shape index (κ3) is 4.04. The molecule has 1 saturated heterocycles. The van der Waals surface area contributed by atoms with Crippen molar-refractivity contribution in [1.82, 2.24) is 15.5 Å². The van der Waals surface area contributed by atoms with Crippen LogP contribution in [0.4, 0.5) is 5.69 Å². The summed E-state index contributed by atoms with van der Waals surface area (Å²) in [6.07, 6.45) is 0.0359. The third-order valence-electron chi connectivity index (χ3n) is 4.97. The Bertz CT molecular complexity index is 1060. The van der Waals surface area contributed by atoms with Crippen LogP contribution in [0, 0.1) is 18.3 Å². The summed E-state index contributed by atoms with van der Waals surface area (Å²) in [7, 11) is 0. The standard InChI is InChI=1S/C22H21N5O2/c1-14-20(17-4-2-3-15(11-17)12-23)26-27-21(14)22(28)25-18-7-5-16(6-8-18)19-13-24-9-10-29-19/h2-8,11,19,24H,9-10,13H2,1H3,(H,25,28)(H,26,27). The average molecular weight is 387 g/mol. The molecule has 2 aromatic carbocycles. The van der Waals surface area contributed by atoms with Gasteiger partial charge >= 0.3 is 0 Å². The first kappa shape index (κ1) is 18.9. The fourth-order valence-corrected chi connectivity index (χ4v) is 3.40. The number of hydrogen-bond acceptors (Lipinski definition) is 5. The lowest BCUT2D eigenvalue weighted by atomic mass is 10.0. The van der Waals surface area contributed by atoms with Gasteiger partial charge in [-0.2, -0.15) is 10.4 Å². The molecule has 7 heteroatoms. The molecule has 1 fully saturated rings. The van der Waals surface area contributed by atoms with E-state index < -0.39 is 0 Å². The van der Waals surface area contributed by atoms with E-state index in [1.807, 2.05) is 37.3 Å². The number of H-pyrrole nitrogens is 1. The van der Waals surface area contributed by atoms with Crippen molar-refractivity contribution in [2.45, 2.75) is 13.0 Å². The van der Waals surface area contributed by atoms with Gasteiger partial charge < -0.3 is 15.4 Å². The second kappa shape index (κ2) is 8.27. The average Bonchev–Trinajstić information content (AvgIpc) is 3.16. The highest BCUT2D eigenvalue weighted by atomic mass is 16.5. The van der Waals surface area contributed by atoms with Gasteiger partial charge in [0.2, 0.25) is 0 Å². The van der Waals surface area contributed by atoms with Gasteiger partial charge in [0.25, 0.3) is 5.91 Å². The highest BCUT2D eigenvalue weighted by Crippen LogP contribution is 2.25. The number of nitrogens with zero attached hydrogens (tertiary/aromatic N) is 2. The Morgan fingerprint density at radius 3 is 2.83 bits per heavy atom. The number of benzene rings is 2. The first-order valence-corrected chi connectivity index (χ1v) is 9.45. The summed E-state index contributed by atoms with van der Waals surface area (Å²) in [5.74, 6) is -0.287. The van der Waals surface area contributed by atoms with Gasteiger partial charge in [0.1, 0.15) is 0 Å². The van der Waals surface area contributed by atoms with Crippen LogP contribution in [0.15, 0.2) is 48.5 Å². The van der Waals surface area contributed by atoms with Crippen LogP contribution < -0.4 is 10.6 Å². The van der Waals surface area contributed by atoms with E-state index >= 15 is 0 Å². The first-order valence-electron chi connectivity index (χ1n) is 9.45. The van der Waals surface area contributed by atoms with E-state index in [1.54, 1.807) is 18.2 Å². The van der Waals surface area contributed by atoms with Crippen molar-refractivity contribution in [3.8, 4) is 17.3 Å². The molecule has 0 aliphatic carbocycles. The fourth-order valence-electron chi connectivity index (χ4n) is 3.40. The zero-order valence-corrected chi connectivity index (χ0v) is 16.0. The quantitative estimate of drug-likeness (QED) is 0.638. The molecule has 1 atom stereocenters. The Labute approximate surface area is 168 Å². The molecule has 0 bridgehead atoms. The zero-order valence-electron chi connectivity index (χ0n) is 16.0. The molecule has 0 radical (unpaired) electrons. The monoisotopic (exact) mass is 387 g/mol. The molecule has 0 saturated carbocycles. The summed E-state index contributed by atoms with van der Waals surface area (Å²) in [5, 5.41) is 22.4. The zero-order chi connectivity index (χ0) is 20.2. The van der Waals surface area contributed by atoms with Gasteiger partial charge in [0.05, 0.1) is 30.0 Å². The number of rotatable bonds is 4. The van der Waals surface area contributed by atoms with Crippen molar-refractivity contribution in [3.63, 3.8) is 0 Å². The number of carbonyl (C=O) groups excluding carboxylic acids is 1. The van der Waals surface area contributed by atoms with Crippen LogP contribution in [0.1, 0.15) is 33.3 Å². The van der Waals surface area contributed by atoms with E-state index in [1.165, 1.54) is 0 Å². The number of morpholine rings is 1. The molecule has 146 valence electrons. The van der Waals surface area contributed by atoms with Crippen LogP contribution in [-0.2, 0) is 4.74 Å². The molecular weight excluding hydrogens is 366 g/mol. The van der Waals surface area contributed by atoms with Crippen molar-refractivity contribution < 1.29 is 9.53 Å². The summed E-state index contributed by atoms with van der Waals surface area (Å²) in [6.45, 7) is 4.19. The number of ether oxygens (including phenoxy) is 1. The molecule has 0 spiro atoms. The molecule has 29 heavy (non-hydrogen) atoms. The minimum Gasteiger partial charge on any atom is -0.371 e. The van der Waals surface area contributed by atoms with E-state index in [4.69, 9.17) is 10.00 Å². The minimum atomic E-state index is -0.287. The molecule has 3 aromatic rings. The van der Waals surface area contributed by atoms with Crippen LogP contribution in [0.3, 0.4) is 0 Å². The number of aromatic amines is 1. The maximum atomic E-state index is 12.7. The first-order chi connectivity index (χ1) is 14.2. The summed E-state index contributed by atoms with van der Waals surface area (Å²) in [4.78, 5) is 12.7. The Morgan fingerprint density at radius 1 is 1.28 bits per heavy atom. The van der Waals surface area contributed by atoms with Crippen LogP contribution in [0.25, 0.3) is 11.3 Å². The predicted octanol–water partition coefficient (Wildman–Crippen LogP) is 3.17. The van der Waals surface area contributed by atoms with Crippen molar-refractivity contribution >= 4 is 11.6 Å². The third-order valence-corrected chi connectivity index (χ3v) is 4.97. The molecule has 1 aliphatic rings. The van der Waals surface area contributed by atoms with Gasteiger partial charge in [-0.3, -0.25) is 9.89 Å². The summed E-state index contributed by atoms with van der Waals surface area (Å²) in [5.41, 5.74) is 4.92. The van der Waals surface area contributed by atoms with Crippen molar-refractivity contribution in [2.24, 2.45) is 0 Å². The Morgan fingerprint density at radius 2 is 2.10 bits per heavy atom. The van der Waals surface area contributed by atoms with Gasteiger partial charge in [-0.15, -0.1) is 0 Å². The van der Waals surface area contributed by atoms with E-state index in [9.17, 15) is 4.79 Å². The van der Waals surface area contributed by atoms with Crippen LogP contribution >= 0.6 is 0 Å².